The number of nitrogens with zero attached hydrogens (tertiary/aromatic N) is 1. The SMILES string of the molecule is C[C@@H](CO)NC(=O)c1cc(Cl)nc2ccccc12. The second-order valence-corrected chi connectivity index (χ2v) is 4.45. The number of fused-ring (bicyclic) bond motifs is 1. The molecule has 0 aliphatic carbocycles. The minimum absolute atomic E-state index is 0.109. The molecule has 2 rings (SSSR count). The van der Waals surface area contributed by atoms with Gasteiger partial charge >= 0.3 is 0 Å². The van der Waals surface area contributed by atoms with E-state index in [4.69, 9.17) is 16.7 Å². The third-order valence-electron chi connectivity index (χ3n) is 2.58. The van der Waals surface area contributed by atoms with Crippen molar-refractivity contribution in [2.75, 3.05) is 6.61 Å². The van der Waals surface area contributed by atoms with Crippen molar-refractivity contribution in [3.63, 3.8) is 0 Å². The van der Waals surface area contributed by atoms with Crippen LogP contribution in [-0.2, 0) is 0 Å². The van der Waals surface area contributed by atoms with E-state index < -0.39 is 0 Å². The maximum Gasteiger partial charge on any atom is 0.252 e. The maximum absolute atomic E-state index is 12.1. The molecule has 0 saturated carbocycles. The number of aliphatic hydroxyl groups is 1. The zero-order valence-electron chi connectivity index (χ0n) is 9.85. The molecule has 0 radical (unpaired) electrons. The quantitative estimate of drug-likeness (QED) is 0.834. The Morgan fingerprint density at radius 1 is 1.50 bits per heavy atom. The molecule has 1 atom stereocenters. The number of carbonyl (C=O) groups excluding carboxylic acids is 1. The highest BCUT2D eigenvalue weighted by molar-refractivity contribution is 6.30. The van der Waals surface area contributed by atoms with E-state index in [1.54, 1.807) is 13.0 Å². The van der Waals surface area contributed by atoms with E-state index in [-0.39, 0.29) is 23.7 Å². The number of amides is 1. The number of rotatable bonds is 3. The van der Waals surface area contributed by atoms with Gasteiger partial charge in [-0.1, -0.05) is 29.8 Å². The van der Waals surface area contributed by atoms with Gasteiger partial charge in [0.25, 0.3) is 5.91 Å². The molecule has 18 heavy (non-hydrogen) atoms. The van der Waals surface area contributed by atoms with Crippen LogP contribution in [0.5, 0.6) is 0 Å². The molecule has 0 aliphatic heterocycles. The Kier molecular flexibility index (Phi) is 3.79. The van der Waals surface area contributed by atoms with E-state index in [1.807, 2.05) is 18.2 Å². The molecule has 94 valence electrons. The van der Waals surface area contributed by atoms with Gasteiger partial charge in [-0.05, 0) is 19.1 Å². The Hall–Kier alpha value is -1.65. The van der Waals surface area contributed by atoms with Crippen LogP contribution >= 0.6 is 11.6 Å². The van der Waals surface area contributed by atoms with E-state index >= 15 is 0 Å². The molecule has 1 amide bonds. The van der Waals surface area contributed by atoms with Crippen molar-refractivity contribution in [3.05, 3.63) is 41.0 Å². The van der Waals surface area contributed by atoms with Crippen LogP contribution in [0, 0.1) is 0 Å². The van der Waals surface area contributed by atoms with Gasteiger partial charge in [0.15, 0.2) is 0 Å². The smallest absolute Gasteiger partial charge is 0.252 e. The Balaban J connectivity index is 2.46. The van der Waals surface area contributed by atoms with Crippen molar-refractivity contribution in [1.82, 2.24) is 10.3 Å². The van der Waals surface area contributed by atoms with Gasteiger partial charge in [0.1, 0.15) is 5.15 Å². The number of halogens is 1. The van der Waals surface area contributed by atoms with Crippen LogP contribution in [0.15, 0.2) is 30.3 Å². The lowest BCUT2D eigenvalue weighted by molar-refractivity contribution is 0.0924. The minimum atomic E-state index is -0.303. The average Bonchev–Trinajstić information content (AvgIpc) is 2.37. The number of hydrogen-bond acceptors (Lipinski definition) is 3. The summed E-state index contributed by atoms with van der Waals surface area (Å²) in [5.41, 5.74) is 1.14. The summed E-state index contributed by atoms with van der Waals surface area (Å²) in [7, 11) is 0. The molecule has 0 bridgehead atoms. The van der Waals surface area contributed by atoms with Crippen LogP contribution in [0.2, 0.25) is 5.15 Å². The second-order valence-electron chi connectivity index (χ2n) is 4.07. The van der Waals surface area contributed by atoms with Crippen molar-refractivity contribution in [2.45, 2.75) is 13.0 Å². The Bertz CT molecular complexity index is 586. The van der Waals surface area contributed by atoms with Crippen LogP contribution in [0.3, 0.4) is 0 Å². The molecule has 0 fully saturated rings. The lowest BCUT2D eigenvalue weighted by Crippen LogP contribution is -2.35. The summed E-state index contributed by atoms with van der Waals surface area (Å²) in [5, 5.41) is 12.6. The highest BCUT2D eigenvalue weighted by Gasteiger charge is 2.13. The Labute approximate surface area is 110 Å². The fourth-order valence-corrected chi connectivity index (χ4v) is 1.88. The third-order valence-corrected chi connectivity index (χ3v) is 2.77. The monoisotopic (exact) mass is 264 g/mol. The number of carbonyl (C=O) groups is 1. The summed E-state index contributed by atoms with van der Waals surface area (Å²) in [5.74, 6) is -0.267. The summed E-state index contributed by atoms with van der Waals surface area (Å²) in [6.07, 6.45) is 0. The topological polar surface area (TPSA) is 62.2 Å². The average molecular weight is 265 g/mol. The molecule has 5 heteroatoms. The number of para-hydroxylation sites is 1. The van der Waals surface area contributed by atoms with Gasteiger partial charge in [-0.3, -0.25) is 4.79 Å². The van der Waals surface area contributed by atoms with Gasteiger partial charge in [-0.15, -0.1) is 0 Å². The van der Waals surface area contributed by atoms with E-state index in [1.165, 1.54) is 6.07 Å². The first-order valence-electron chi connectivity index (χ1n) is 5.59. The first kappa shape index (κ1) is 12.8. The molecule has 0 unspecified atom stereocenters. The van der Waals surface area contributed by atoms with E-state index in [2.05, 4.69) is 10.3 Å². The van der Waals surface area contributed by atoms with E-state index in [0.29, 0.717) is 11.1 Å². The molecule has 1 aromatic heterocycles. The largest absolute Gasteiger partial charge is 0.394 e. The van der Waals surface area contributed by atoms with Gasteiger partial charge in [-0.2, -0.15) is 0 Å². The lowest BCUT2D eigenvalue weighted by atomic mass is 10.1. The predicted molar refractivity (Wildman–Crippen MR) is 70.8 cm³/mol. The molecule has 1 heterocycles. The predicted octanol–water partition coefficient (Wildman–Crippen LogP) is 2.00. The summed E-state index contributed by atoms with van der Waals surface area (Å²) >= 11 is 5.90. The number of aromatic nitrogens is 1. The zero-order valence-corrected chi connectivity index (χ0v) is 10.6. The van der Waals surface area contributed by atoms with E-state index in [9.17, 15) is 4.79 Å². The summed E-state index contributed by atoms with van der Waals surface area (Å²) < 4.78 is 0. The maximum atomic E-state index is 12.1. The van der Waals surface area contributed by atoms with Crippen LogP contribution < -0.4 is 5.32 Å². The Morgan fingerprint density at radius 3 is 2.94 bits per heavy atom. The third kappa shape index (κ3) is 2.60. The van der Waals surface area contributed by atoms with Crippen molar-refractivity contribution in [2.24, 2.45) is 0 Å². The van der Waals surface area contributed by atoms with E-state index in [0.717, 1.165) is 5.39 Å². The van der Waals surface area contributed by atoms with Crippen molar-refractivity contribution >= 4 is 28.4 Å². The molecular formula is C13H13ClN2O2. The van der Waals surface area contributed by atoms with Crippen LogP contribution in [-0.4, -0.2) is 28.6 Å². The van der Waals surface area contributed by atoms with Crippen molar-refractivity contribution in [3.8, 4) is 0 Å². The number of hydrogen-bond donors (Lipinski definition) is 2. The molecule has 0 spiro atoms. The van der Waals surface area contributed by atoms with Gasteiger partial charge in [0, 0.05) is 11.4 Å². The number of pyridine rings is 1. The molecule has 4 nitrogen and oxygen atoms in total. The first-order chi connectivity index (χ1) is 8.61. The number of nitrogens with one attached hydrogen (secondary N) is 1. The standard InChI is InChI=1S/C13H13ClN2O2/c1-8(7-17)15-13(18)10-6-12(14)16-11-5-3-2-4-9(10)11/h2-6,8,17H,7H2,1H3,(H,15,18)/t8-/m0/s1. The highest BCUT2D eigenvalue weighted by Crippen LogP contribution is 2.20. The van der Waals surface area contributed by atoms with Crippen LogP contribution in [0.25, 0.3) is 10.9 Å². The first-order valence-corrected chi connectivity index (χ1v) is 5.96. The van der Waals surface area contributed by atoms with Crippen LogP contribution in [0.4, 0.5) is 0 Å². The van der Waals surface area contributed by atoms with Gasteiger partial charge in [-0.25, -0.2) is 4.98 Å². The molecule has 2 N–H and O–H groups in total. The normalized spacial score (nSPS) is 12.4. The summed E-state index contributed by atoms with van der Waals surface area (Å²) in [4.78, 5) is 16.2. The molecule has 0 aliphatic rings. The highest BCUT2D eigenvalue weighted by atomic mass is 35.5. The fraction of sp³-hybridized carbons (Fsp3) is 0.231. The molecular weight excluding hydrogens is 252 g/mol. The molecule has 0 saturated heterocycles. The van der Waals surface area contributed by atoms with Gasteiger partial charge in [0.05, 0.1) is 17.7 Å². The zero-order chi connectivity index (χ0) is 13.1. The minimum Gasteiger partial charge on any atom is -0.394 e. The van der Waals surface area contributed by atoms with Crippen LogP contribution in [0.1, 0.15) is 17.3 Å². The van der Waals surface area contributed by atoms with Gasteiger partial charge < -0.3 is 10.4 Å². The number of benzene rings is 1. The molecule has 1 aromatic carbocycles. The molecule has 2 aromatic rings. The number of aliphatic hydroxyl groups excluding tert-OH is 1. The van der Waals surface area contributed by atoms with Crippen molar-refractivity contribution < 1.29 is 9.90 Å². The van der Waals surface area contributed by atoms with Gasteiger partial charge in [0.2, 0.25) is 0 Å². The Morgan fingerprint density at radius 2 is 2.22 bits per heavy atom. The summed E-state index contributed by atoms with van der Waals surface area (Å²) in [6, 6.07) is 8.52. The summed E-state index contributed by atoms with van der Waals surface area (Å²) in [6.45, 7) is 1.62. The lowest BCUT2D eigenvalue weighted by Gasteiger charge is -2.12. The fourth-order valence-electron chi connectivity index (χ4n) is 1.68. The van der Waals surface area contributed by atoms with Crippen molar-refractivity contribution in [1.29, 1.82) is 0 Å². The second kappa shape index (κ2) is 5.33.